The van der Waals surface area contributed by atoms with E-state index in [1.54, 1.807) is 12.3 Å². The van der Waals surface area contributed by atoms with E-state index in [2.05, 4.69) is 11.9 Å². The molecule has 0 amide bonds. The minimum atomic E-state index is 0.339. The molecule has 0 saturated heterocycles. The highest BCUT2D eigenvalue weighted by atomic mass is 16.5. The molecule has 0 aromatic carbocycles. The quantitative estimate of drug-likeness (QED) is 0.715. The highest BCUT2D eigenvalue weighted by Gasteiger charge is 2.06. The van der Waals surface area contributed by atoms with E-state index in [1.807, 2.05) is 6.07 Å². The number of nitrogen functional groups attached to an aromatic ring is 1. The van der Waals surface area contributed by atoms with E-state index >= 15 is 0 Å². The van der Waals surface area contributed by atoms with Gasteiger partial charge in [0, 0.05) is 6.20 Å². The molecule has 0 aliphatic rings. The Kier molecular flexibility index (Phi) is 6.63. The summed E-state index contributed by atoms with van der Waals surface area (Å²) in [7, 11) is 0. The third kappa shape index (κ3) is 4.62. The van der Waals surface area contributed by atoms with Gasteiger partial charge in [-0.1, -0.05) is 39.0 Å². The topological polar surface area (TPSA) is 71.9 Å². The molecule has 0 atom stereocenters. The smallest absolute Gasteiger partial charge is 0.238 e. The van der Waals surface area contributed by atoms with Gasteiger partial charge >= 0.3 is 0 Å². The van der Waals surface area contributed by atoms with Crippen molar-refractivity contribution in [2.45, 2.75) is 45.4 Å². The lowest BCUT2D eigenvalue weighted by atomic mass is 10.1. The zero-order valence-corrected chi connectivity index (χ0v) is 11.0. The van der Waals surface area contributed by atoms with E-state index in [9.17, 15) is 0 Å². The average Bonchev–Trinajstić information content (AvgIpc) is 2.39. The van der Waals surface area contributed by atoms with Crippen LogP contribution in [0.4, 0.5) is 5.69 Å². The third-order valence-electron chi connectivity index (χ3n) is 2.81. The number of rotatable bonds is 8. The summed E-state index contributed by atoms with van der Waals surface area (Å²) >= 11 is 0. The van der Waals surface area contributed by atoms with Gasteiger partial charge in [-0.25, -0.2) is 4.98 Å². The Hall–Kier alpha value is -1.76. The monoisotopic (exact) mass is 247 g/mol. The van der Waals surface area contributed by atoms with Gasteiger partial charge < -0.3 is 10.5 Å². The summed E-state index contributed by atoms with van der Waals surface area (Å²) in [5.41, 5.74) is 6.52. The van der Waals surface area contributed by atoms with Gasteiger partial charge in [0.05, 0.1) is 12.2 Å². The van der Waals surface area contributed by atoms with Crippen LogP contribution in [0.1, 0.15) is 51.0 Å². The number of nitrogens with two attached hydrogens (primary N) is 1. The SMILES string of the molecule is CCCCCCCCOc1nccc(C#N)c1N. The van der Waals surface area contributed by atoms with Crippen LogP contribution in [-0.4, -0.2) is 11.6 Å². The lowest BCUT2D eigenvalue weighted by Crippen LogP contribution is -2.03. The standard InChI is InChI=1S/C14H21N3O/c1-2-3-4-5-6-7-10-18-14-13(16)12(11-15)8-9-17-14/h8-9H,2-7,10,16H2,1H3. The lowest BCUT2D eigenvalue weighted by Gasteiger charge is -2.08. The second-order valence-corrected chi connectivity index (χ2v) is 4.31. The number of hydrogen-bond donors (Lipinski definition) is 1. The molecule has 0 radical (unpaired) electrons. The normalized spacial score (nSPS) is 10.0. The second-order valence-electron chi connectivity index (χ2n) is 4.31. The van der Waals surface area contributed by atoms with Crippen molar-refractivity contribution in [2.24, 2.45) is 0 Å². The number of aromatic nitrogens is 1. The molecule has 0 bridgehead atoms. The number of nitriles is 1. The van der Waals surface area contributed by atoms with Crippen molar-refractivity contribution < 1.29 is 4.74 Å². The van der Waals surface area contributed by atoms with Gasteiger partial charge in [0.25, 0.3) is 0 Å². The van der Waals surface area contributed by atoms with Crippen LogP contribution in [0, 0.1) is 11.3 Å². The van der Waals surface area contributed by atoms with Crippen LogP contribution in [0.15, 0.2) is 12.3 Å². The Balaban J connectivity index is 2.26. The fourth-order valence-corrected chi connectivity index (χ4v) is 1.72. The zero-order valence-electron chi connectivity index (χ0n) is 11.0. The van der Waals surface area contributed by atoms with E-state index in [1.165, 1.54) is 25.7 Å². The molecule has 0 unspecified atom stereocenters. The first-order chi connectivity index (χ1) is 8.79. The summed E-state index contributed by atoms with van der Waals surface area (Å²) in [5.74, 6) is 0.377. The van der Waals surface area contributed by atoms with Gasteiger partial charge in [-0.2, -0.15) is 5.26 Å². The molecular formula is C14H21N3O. The fourth-order valence-electron chi connectivity index (χ4n) is 1.72. The maximum atomic E-state index is 8.82. The molecule has 1 rings (SSSR count). The molecule has 0 aliphatic carbocycles. The van der Waals surface area contributed by atoms with Crippen molar-refractivity contribution in [1.82, 2.24) is 4.98 Å². The molecule has 0 aliphatic heterocycles. The molecule has 2 N–H and O–H groups in total. The van der Waals surface area contributed by atoms with Gasteiger partial charge in [-0.3, -0.25) is 0 Å². The largest absolute Gasteiger partial charge is 0.476 e. The van der Waals surface area contributed by atoms with Crippen LogP contribution in [-0.2, 0) is 0 Å². The summed E-state index contributed by atoms with van der Waals surface area (Å²) in [6, 6.07) is 3.61. The van der Waals surface area contributed by atoms with Crippen LogP contribution in [0.5, 0.6) is 5.88 Å². The predicted molar refractivity (Wildman–Crippen MR) is 72.2 cm³/mol. The number of unbranched alkanes of at least 4 members (excludes halogenated alkanes) is 5. The van der Waals surface area contributed by atoms with Gasteiger partial charge in [-0.15, -0.1) is 0 Å². The van der Waals surface area contributed by atoms with Crippen molar-refractivity contribution in [2.75, 3.05) is 12.3 Å². The Morgan fingerprint density at radius 3 is 2.72 bits per heavy atom. The highest BCUT2D eigenvalue weighted by Crippen LogP contribution is 2.21. The van der Waals surface area contributed by atoms with Crippen LogP contribution in [0.2, 0.25) is 0 Å². The number of hydrogen-bond acceptors (Lipinski definition) is 4. The Morgan fingerprint density at radius 1 is 1.28 bits per heavy atom. The van der Waals surface area contributed by atoms with Crippen molar-refractivity contribution in [3.05, 3.63) is 17.8 Å². The van der Waals surface area contributed by atoms with Crippen molar-refractivity contribution in [1.29, 1.82) is 5.26 Å². The molecule has 1 aromatic rings. The molecule has 98 valence electrons. The van der Waals surface area contributed by atoms with Crippen molar-refractivity contribution >= 4 is 5.69 Å². The van der Waals surface area contributed by atoms with Crippen LogP contribution < -0.4 is 10.5 Å². The summed E-state index contributed by atoms with van der Waals surface area (Å²) in [5, 5.41) is 8.82. The first kappa shape index (κ1) is 14.3. The molecule has 0 spiro atoms. The molecular weight excluding hydrogens is 226 g/mol. The van der Waals surface area contributed by atoms with Crippen LogP contribution in [0.25, 0.3) is 0 Å². The first-order valence-electron chi connectivity index (χ1n) is 6.57. The lowest BCUT2D eigenvalue weighted by molar-refractivity contribution is 0.295. The Labute approximate surface area is 109 Å². The summed E-state index contributed by atoms with van der Waals surface area (Å²) in [6.45, 7) is 2.82. The molecule has 1 heterocycles. The number of ether oxygens (including phenoxy) is 1. The van der Waals surface area contributed by atoms with Crippen molar-refractivity contribution in [3.8, 4) is 11.9 Å². The molecule has 4 nitrogen and oxygen atoms in total. The molecule has 18 heavy (non-hydrogen) atoms. The summed E-state index contributed by atoms with van der Waals surface area (Å²) in [6.07, 6.45) is 8.82. The minimum absolute atomic E-state index is 0.339. The Morgan fingerprint density at radius 2 is 2.00 bits per heavy atom. The van der Waals surface area contributed by atoms with Gasteiger partial charge in [0.1, 0.15) is 11.8 Å². The molecule has 1 aromatic heterocycles. The average molecular weight is 247 g/mol. The Bertz CT molecular complexity index is 399. The first-order valence-corrected chi connectivity index (χ1v) is 6.57. The fraction of sp³-hybridized carbons (Fsp3) is 0.571. The highest BCUT2D eigenvalue weighted by molar-refractivity contribution is 5.59. The van der Waals surface area contributed by atoms with E-state index in [0.717, 1.165) is 12.8 Å². The van der Waals surface area contributed by atoms with Gasteiger partial charge in [0.2, 0.25) is 5.88 Å². The predicted octanol–water partition coefficient (Wildman–Crippen LogP) is 3.27. The van der Waals surface area contributed by atoms with E-state index < -0.39 is 0 Å². The second kappa shape index (κ2) is 8.35. The van der Waals surface area contributed by atoms with E-state index in [4.69, 9.17) is 15.7 Å². The van der Waals surface area contributed by atoms with Crippen LogP contribution >= 0.6 is 0 Å². The zero-order chi connectivity index (χ0) is 13.2. The number of anilines is 1. The van der Waals surface area contributed by atoms with E-state index in [-0.39, 0.29) is 0 Å². The van der Waals surface area contributed by atoms with Crippen molar-refractivity contribution in [3.63, 3.8) is 0 Å². The molecule has 0 fully saturated rings. The van der Waals surface area contributed by atoms with Gasteiger partial charge in [-0.05, 0) is 12.5 Å². The van der Waals surface area contributed by atoms with Gasteiger partial charge in [0.15, 0.2) is 0 Å². The number of nitrogens with zero attached hydrogens (tertiary/aromatic N) is 2. The maximum absolute atomic E-state index is 8.82. The number of pyridine rings is 1. The molecule has 0 saturated carbocycles. The van der Waals surface area contributed by atoms with Crippen LogP contribution in [0.3, 0.4) is 0 Å². The maximum Gasteiger partial charge on any atom is 0.238 e. The van der Waals surface area contributed by atoms with E-state index in [0.29, 0.717) is 23.7 Å². The third-order valence-corrected chi connectivity index (χ3v) is 2.81. The summed E-state index contributed by atoms with van der Waals surface area (Å²) in [4.78, 5) is 4.04. The molecule has 4 heteroatoms. The summed E-state index contributed by atoms with van der Waals surface area (Å²) < 4.78 is 5.50. The minimum Gasteiger partial charge on any atom is -0.476 e.